The number of carbonyl (C=O) groups excluding carboxylic acids is 2. The molecule has 4 heteroatoms. The van der Waals surface area contributed by atoms with Crippen LogP contribution in [0.4, 0.5) is 0 Å². The highest BCUT2D eigenvalue weighted by Gasteiger charge is 2.61. The van der Waals surface area contributed by atoms with Gasteiger partial charge in [0.2, 0.25) is 5.12 Å². The second kappa shape index (κ2) is 8.19. The summed E-state index contributed by atoms with van der Waals surface area (Å²) in [4.78, 5) is 24.6. The van der Waals surface area contributed by atoms with Gasteiger partial charge in [0, 0.05) is 11.3 Å². The summed E-state index contributed by atoms with van der Waals surface area (Å²) < 4.78 is 5.66. The molecule has 0 aromatic heterocycles. The molecule has 2 unspecified atom stereocenters. The Labute approximate surface area is 176 Å². The van der Waals surface area contributed by atoms with Crippen LogP contribution in [0.15, 0.2) is 66.2 Å². The lowest BCUT2D eigenvalue weighted by Gasteiger charge is -2.08. The monoisotopic (exact) mass is 406 g/mol. The number of hydrogen-bond acceptors (Lipinski definition) is 4. The third-order valence-electron chi connectivity index (χ3n) is 6.04. The normalized spacial score (nSPS) is 23.9. The molecule has 2 atom stereocenters. The average molecular weight is 407 g/mol. The van der Waals surface area contributed by atoms with Gasteiger partial charge in [-0.1, -0.05) is 86.3 Å². The fourth-order valence-electron chi connectivity index (χ4n) is 4.16. The van der Waals surface area contributed by atoms with Gasteiger partial charge in [-0.2, -0.15) is 0 Å². The molecule has 150 valence electrons. The van der Waals surface area contributed by atoms with Gasteiger partial charge in [0.15, 0.2) is 0 Å². The zero-order valence-electron chi connectivity index (χ0n) is 16.9. The van der Waals surface area contributed by atoms with E-state index in [-0.39, 0.29) is 34.9 Å². The molecule has 0 radical (unpaired) electrons. The summed E-state index contributed by atoms with van der Waals surface area (Å²) in [5.41, 5.74) is 4.19. The molecule has 29 heavy (non-hydrogen) atoms. The smallest absolute Gasteiger partial charge is 0.310 e. The second-order valence-electron chi connectivity index (χ2n) is 8.49. The van der Waals surface area contributed by atoms with Crippen molar-refractivity contribution in [1.29, 1.82) is 0 Å². The first-order valence-electron chi connectivity index (χ1n) is 10.1. The van der Waals surface area contributed by atoms with E-state index >= 15 is 0 Å². The molecule has 1 heterocycles. The van der Waals surface area contributed by atoms with Crippen LogP contribution in [0.2, 0.25) is 0 Å². The van der Waals surface area contributed by atoms with Gasteiger partial charge < -0.3 is 4.74 Å². The first-order chi connectivity index (χ1) is 13.9. The molecule has 1 saturated carbocycles. The van der Waals surface area contributed by atoms with Gasteiger partial charge in [-0.05, 0) is 40.9 Å². The Morgan fingerprint density at radius 2 is 1.83 bits per heavy atom. The van der Waals surface area contributed by atoms with Crippen LogP contribution in [0.25, 0.3) is 0 Å². The quantitative estimate of drug-likeness (QED) is 0.490. The van der Waals surface area contributed by atoms with Crippen LogP contribution >= 0.6 is 11.8 Å². The van der Waals surface area contributed by atoms with Gasteiger partial charge in [0.05, 0.1) is 5.92 Å². The van der Waals surface area contributed by atoms with Crippen molar-refractivity contribution in [1.82, 2.24) is 0 Å². The minimum Gasteiger partial charge on any atom is -0.461 e. The minimum atomic E-state index is -0.166. The van der Waals surface area contributed by atoms with E-state index in [1.165, 1.54) is 22.9 Å². The number of ether oxygens (including phenoxy) is 1. The van der Waals surface area contributed by atoms with Crippen LogP contribution < -0.4 is 0 Å². The summed E-state index contributed by atoms with van der Waals surface area (Å²) in [5.74, 6) is 0.619. The molecule has 2 aromatic carbocycles. The molecule has 0 bridgehead atoms. The van der Waals surface area contributed by atoms with E-state index in [4.69, 9.17) is 4.74 Å². The third kappa shape index (κ3) is 4.48. The number of hydrogen-bond donors (Lipinski definition) is 0. The number of thioether (sulfide) groups is 1. The zero-order chi connectivity index (χ0) is 20.4. The third-order valence-corrected chi connectivity index (χ3v) is 6.97. The second-order valence-corrected chi connectivity index (χ2v) is 9.56. The maximum Gasteiger partial charge on any atom is 0.310 e. The van der Waals surface area contributed by atoms with Crippen LogP contribution in [0.3, 0.4) is 0 Å². The van der Waals surface area contributed by atoms with Crippen molar-refractivity contribution in [3.8, 4) is 0 Å². The van der Waals surface area contributed by atoms with Gasteiger partial charge in [-0.25, -0.2) is 0 Å². The summed E-state index contributed by atoms with van der Waals surface area (Å²) >= 11 is 1.37. The van der Waals surface area contributed by atoms with E-state index < -0.39 is 0 Å². The van der Waals surface area contributed by atoms with Crippen molar-refractivity contribution in [2.75, 3.05) is 5.75 Å². The van der Waals surface area contributed by atoms with E-state index in [1.54, 1.807) is 0 Å². The molecule has 1 aliphatic heterocycles. The van der Waals surface area contributed by atoms with Crippen LogP contribution in [0.5, 0.6) is 0 Å². The lowest BCUT2D eigenvalue weighted by molar-refractivity contribution is -0.147. The Kier molecular flexibility index (Phi) is 5.64. The van der Waals surface area contributed by atoms with E-state index in [1.807, 2.05) is 36.4 Å². The molecular weight excluding hydrogens is 380 g/mol. The first kappa shape index (κ1) is 20.0. The predicted molar refractivity (Wildman–Crippen MR) is 116 cm³/mol. The molecule has 1 saturated heterocycles. The van der Waals surface area contributed by atoms with Crippen molar-refractivity contribution in [3.05, 3.63) is 82.9 Å². The van der Waals surface area contributed by atoms with Crippen LogP contribution in [-0.2, 0) is 27.4 Å². The Hall–Kier alpha value is -2.33. The molecule has 2 aromatic rings. The van der Waals surface area contributed by atoms with Crippen LogP contribution in [0.1, 0.15) is 37.0 Å². The van der Waals surface area contributed by atoms with Crippen LogP contribution in [-0.4, -0.2) is 16.8 Å². The molecule has 0 N–H and O–H groups in total. The highest BCUT2D eigenvalue weighted by Crippen LogP contribution is 2.60. The van der Waals surface area contributed by atoms with Gasteiger partial charge in [-0.3, -0.25) is 9.59 Å². The highest BCUT2D eigenvalue weighted by atomic mass is 32.2. The molecule has 2 aliphatic rings. The molecule has 0 spiro atoms. The largest absolute Gasteiger partial charge is 0.461 e. The number of esters is 1. The molecule has 3 nitrogen and oxygen atoms in total. The summed E-state index contributed by atoms with van der Waals surface area (Å²) in [7, 11) is 0. The van der Waals surface area contributed by atoms with Crippen molar-refractivity contribution in [2.45, 2.75) is 33.3 Å². The fraction of sp³-hybridized carbons (Fsp3) is 0.360. The lowest BCUT2D eigenvalue weighted by atomic mass is 10.0. The molecule has 2 fully saturated rings. The van der Waals surface area contributed by atoms with Crippen LogP contribution in [0, 0.1) is 17.3 Å². The van der Waals surface area contributed by atoms with E-state index in [9.17, 15) is 9.59 Å². The Morgan fingerprint density at radius 3 is 2.55 bits per heavy atom. The van der Waals surface area contributed by atoms with E-state index in [0.29, 0.717) is 0 Å². The van der Waals surface area contributed by atoms with E-state index in [2.05, 4.69) is 38.1 Å². The Morgan fingerprint density at radius 1 is 1.10 bits per heavy atom. The molecular formula is C25H26O3S. The van der Waals surface area contributed by atoms with Crippen molar-refractivity contribution < 1.29 is 14.3 Å². The van der Waals surface area contributed by atoms with Gasteiger partial charge >= 0.3 is 5.97 Å². The van der Waals surface area contributed by atoms with Crippen molar-refractivity contribution in [3.63, 3.8) is 0 Å². The number of carbonyl (C=O) groups is 2. The summed E-state index contributed by atoms with van der Waals surface area (Å²) in [6, 6.07) is 18.5. The summed E-state index contributed by atoms with van der Waals surface area (Å²) in [6.45, 7) is 4.44. The number of allylic oxidation sites excluding steroid dienone is 1. The van der Waals surface area contributed by atoms with Crippen molar-refractivity contribution in [2.24, 2.45) is 17.3 Å². The minimum absolute atomic E-state index is 0.0945. The zero-order valence-corrected chi connectivity index (χ0v) is 17.7. The Balaban J connectivity index is 1.36. The van der Waals surface area contributed by atoms with Gasteiger partial charge in [-0.15, -0.1) is 0 Å². The maximum absolute atomic E-state index is 12.7. The molecule has 0 amide bonds. The lowest BCUT2D eigenvalue weighted by Crippen LogP contribution is -2.10. The average Bonchev–Trinajstić information content (AvgIpc) is 3.01. The standard InChI is InChI=1S/C25H26O3S/c1-25(2)21(15-20-11-12-29-24(20)27)22(25)23(26)28-16-19-10-6-9-18(14-19)13-17-7-4-3-5-8-17/h3-10,14-15,21-22H,11-13,16H2,1-2H3/b20-15+. The Bertz CT molecular complexity index is 946. The first-order valence-corrected chi connectivity index (χ1v) is 11.1. The molecule has 4 rings (SSSR count). The number of rotatable bonds is 6. The topological polar surface area (TPSA) is 43.4 Å². The SMILES string of the molecule is CC1(C)C(/C=C2\CCSC2=O)C1C(=O)OCc1cccc(Cc2ccccc2)c1. The predicted octanol–water partition coefficient (Wildman–Crippen LogP) is 5.18. The van der Waals surface area contributed by atoms with Gasteiger partial charge in [0.1, 0.15) is 6.61 Å². The maximum atomic E-state index is 12.7. The fourth-order valence-corrected chi connectivity index (χ4v) is 5.02. The molecule has 1 aliphatic carbocycles. The number of benzene rings is 2. The summed E-state index contributed by atoms with van der Waals surface area (Å²) in [6.07, 6.45) is 3.70. The highest BCUT2D eigenvalue weighted by molar-refractivity contribution is 8.14. The summed E-state index contributed by atoms with van der Waals surface area (Å²) in [5, 5.41) is 0.162. The van der Waals surface area contributed by atoms with E-state index in [0.717, 1.165) is 29.7 Å². The van der Waals surface area contributed by atoms with Crippen molar-refractivity contribution >= 4 is 22.8 Å². The van der Waals surface area contributed by atoms with Gasteiger partial charge in [0.25, 0.3) is 0 Å².